The summed E-state index contributed by atoms with van der Waals surface area (Å²) in [6.07, 6.45) is 0. The van der Waals surface area contributed by atoms with Gasteiger partial charge in [0.2, 0.25) is 0 Å². The molecule has 3 N–H and O–H groups in total. The van der Waals surface area contributed by atoms with Crippen LogP contribution in [0.5, 0.6) is 5.75 Å². The SMILES string of the molecule is COc1ccc(NC(=O)C(=O)N(c2ccccc2)c2ccc(N)cc2)cc1. The second kappa shape index (κ2) is 8.05. The van der Waals surface area contributed by atoms with Crippen molar-refractivity contribution in [3.63, 3.8) is 0 Å². The van der Waals surface area contributed by atoms with Crippen molar-refractivity contribution in [2.24, 2.45) is 0 Å². The van der Waals surface area contributed by atoms with Crippen LogP contribution in [0.4, 0.5) is 22.7 Å². The Bertz CT molecular complexity index is 923. The van der Waals surface area contributed by atoms with Gasteiger partial charge >= 0.3 is 11.8 Å². The highest BCUT2D eigenvalue weighted by atomic mass is 16.5. The van der Waals surface area contributed by atoms with Gasteiger partial charge in [0.15, 0.2) is 0 Å². The maximum atomic E-state index is 12.9. The van der Waals surface area contributed by atoms with Gasteiger partial charge in [-0.2, -0.15) is 0 Å². The number of carbonyl (C=O) groups is 2. The zero-order valence-corrected chi connectivity index (χ0v) is 14.8. The van der Waals surface area contributed by atoms with Gasteiger partial charge in [-0.3, -0.25) is 14.5 Å². The van der Waals surface area contributed by atoms with E-state index in [1.807, 2.05) is 6.07 Å². The first-order chi connectivity index (χ1) is 13.1. The number of amides is 2. The molecule has 3 aromatic carbocycles. The lowest BCUT2D eigenvalue weighted by Crippen LogP contribution is -2.36. The summed E-state index contributed by atoms with van der Waals surface area (Å²) in [6, 6.07) is 22.4. The van der Waals surface area contributed by atoms with Crippen LogP contribution in [-0.2, 0) is 9.59 Å². The van der Waals surface area contributed by atoms with Gasteiger partial charge in [-0.05, 0) is 60.7 Å². The summed E-state index contributed by atoms with van der Waals surface area (Å²) >= 11 is 0. The van der Waals surface area contributed by atoms with Crippen LogP contribution in [0.15, 0.2) is 78.9 Å². The number of ether oxygens (including phenoxy) is 1. The van der Waals surface area contributed by atoms with Crippen LogP contribution in [0.1, 0.15) is 0 Å². The Balaban J connectivity index is 1.87. The lowest BCUT2D eigenvalue weighted by molar-refractivity contribution is -0.134. The predicted octanol–water partition coefficient (Wildman–Crippen LogP) is 3.58. The molecule has 0 spiro atoms. The van der Waals surface area contributed by atoms with E-state index in [2.05, 4.69) is 5.32 Å². The van der Waals surface area contributed by atoms with E-state index in [9.17, 15) is 9.59 Å². The van der Waals surface area contributed by atoms with Crippen molar-refractivity contribution >= 4 is 34.6 Å². The number of hydrogen-bond donors (Lipinski definition) is 2. The highest BCUT2D eigenvalue weighted by Gasteiger charge is 2.25. The Morgan fingerprint density at radius 2 is 1.44 bits per heavy atom. The van der Waals surface area contributed by atoms with E-state index in [4.69, 9.17) is 10.5 Å². The Morgan fingerprint density at radius 3 is 2.04 bits per heavy atom. The zero-order valence-electron chi connectivity index (χ0n) is 14.8. The molecule has 0 saturated carbocycles. The van der Waals surface area contributed by atoms with Crippen molar-refractivity contribution < 1.29 is 14.3 Å². The molecule has 136 valence electrons. The van der Waals surface area contributed by atoms with Gasteiger partial charge < -0.3 is 15.8 Å². The van der Waals surface area contributed by atoms with Gasteiger partial charge in [-0.1, -0.05) is 18.2 Å². The Kier molecular flexibility index (Phi) is 5.37. The minimum atomic E-state index is -0.749. The number of nitrogens with two attached hydrogens (primary N) is 1. The number of methoxy groups -OCH3 is 1. The molecule has 3 aromatic rings. The molecule has 0 saturated heterocycles. The normalized spacial score (nSPS) is 10.1. The fraction of sp³-hybridized carbons (Fsp3) is 0.0476. The lowest BCUT2D eigenvalue weighted by Gasteiger charge is -2.22. The van der Waals surface area contributed by atoms with E-state index in [0.29, 0.717) is 28.5 Å². The van der Waals surface area contributed by atoms with E-state index in [0.717, 1.165) is 0 Å². The third-order valence-corrected chi connectivity index (χ3v) is 3.91. The van der Waals surface area contributed by atoms with E-state index in [1.165, 1.54) is 4.90 Å². The average Bonchev–Trinajstić information content (AvgIpc) is 2.71. The van der Waals surface area contributed by atoms with Crippen LogP contribution >= 0.6 is 0 Å². The van der Waals surface area contributed by atoms with Crippen molar-refractivity contribution in [2.75, 3.05) is 23.1 Å². The predicted molar refractivity (Wildman–Crippen MR) is 106 cm³/mol. The number of nitrogens with one attached hydrogen (secondary N) is 1. The standard InChI is InChI=1S/C21H19N3O3/c1-27-19-13-9-16(10-14-19)23-20(25)21(26)24(17-5-3-2-4-6-17)18-11-7-15(22)8-12-18/h2-14H,22H2,1H3,(H,23,25). The Labute approximate surface area is 157 Å². The third-order valence-electron chi connectivity index (χ3n) is 3.91. The van der Waals surface area contributed by atoms with E-state index in [1.54, 1.807) is 79.9 Å². The maximum absolute atomic E-state index is 12.9. The first-order valence-electron chi connectivity index (χ1n) is 8.28. The van der Waals surface area contributed by atoms with Gasteiger partial charge in [0.05, 0.1) is 7.11 Å². The second-order valence-electron chi connectivity index (χ2n) is 5.75. The summed E-state index contributed by atoms with van der Waals surface area (Å²) in [5, 5.41) is 2.61. The molecule has 0 bridgehead atoms. The molecule has 0 fully saturated rings. The molecule has 3 rings (SSSR count). The molecule has 0 heterocycles. The van der Waals surface area contributed by atoms with Crippen molar-refractivity contribution in [1.29, 1.82) is 0 Å². The van der Waals surface area contributed by atoms with Gasteiger partial charge in [0.1, 0.15) is 5.75 Å². The fourth-order valence-electron chi connectivity index (χ4n) is 2.54. The number of carbonyl (C=O) groups excluding carboxylic acids is 2. The molecule has 0 radical (unpaired) electrons. The minimum Gasteiger partial charge on any atom is -0.497 e. The van der Waals surface area contributed by atoms with Crippen LogP contribution in [0.2, 0.25) is 0 Å². The number of para-hydroxylation sites is 1. The van der Waals surface area contributed by atoms with Crippen LogP contribution in [0.25, 0.3) is 0 Å². The number of anilines is 4. The topological polar surface area (TPSA) is 84.7 Å². The molecular weight excluding hydrogens is 342 g/mol. The molecule has 27 heavy (non-hydrogen) atoms. The van der Waals surface area contributed by atoms with Crippen LogP contribution in [0.3, 0.4) is 0 Å². The Morgan fingerprint density at radius 1 is 0.852 bits per heavy atom. The second-order valence-corrected chi connectivity index (χ2v) is 5.75. The minimum absolute atomic E-state index is 0.500. The number of nitrogen functional groups attached to an aromatic ring is 1. The lowest BCUT2D eigenvalue weighted by atomic mass is 10.2. The molecule has 0 aliphatic rings. The first kappa shape index (κ1) is 18.0. The van der Waals surface area contributed by atoms with Crippen LogP contribution < -0.4 is 20.7 Å². The van der Waals surface area contributed by atoms with Gasteiger partial charge in [0, 0.05) is 22.7 Å². The summed E-state index contributed by atoms with van der Waals surface area (Å²) in [4.78, 5) is 26.8. The number of nitrogens with zero attached hydrogens (tertiary/aromatic N) is 1. The highest BCUT2D eigenvalue weighted by Crippen LogP contribution is 2.26. The molecule has 2 amide bonds. The van der Waals surface area contributed by atoms with Crippen LogP contribution in [-0.4, -0.2) is 18.9 Å². The van der Waals surface area contributed by atoms with Crippen LogP contribution in [0, 0.1) is 0 Å². The van der Waals surface area contributed by atoms with E-state index >= 15 is 0 Å². The molecular formula is C21H19N3O3. The molecule has 0 aromatic heterocycles. The zero-order chi connectivity index (χ0) is 19.2. The number of rotatable bonds is 4. The van der Waals surface area contributed by atoms with E-state index in [-0.39, 0.29) is 0 Å². The largest absolute Gasteiger partial charge is 0.497 e. The summed E-state index contributed by atoms with van der Waals surface area (Å²) in [7, 11) is 1.56. The molecule has 0 atom stereocenters. The first-order valence-corrected chi connectivity index (χ1v) is 8.28. The quantitative estimate of drug-likeness (QED) is 0.549. The van der Waals surface area contributed by atoms with Crippen molar-refractivity contribution in [2.45, 2.75) is 0 Å². The molecule has 0 aliphatic heterocycles. The molecule has 0 aliphatic carbocycles. The van der Waals surface area contributed by atoms with Crippen molar-refractivity contribution in [3.05, 3.63) is 78.9 Å². The highest BCUT2D eigenvalue weighted by molar-refractivity contribution is 6.45. The summed E-state index contributed by atoms with van der Waals surface area (Å²) in [6.45, 7) is 0. The van der Waals surface area contributed by atoms with Gasteiger partial charge in [-0.15, -0.1) is 0 Å². The Hall–Kier alpha value is -3.80. The maximum Gasteiger partial charge on any atom is 0.321 e. The molecule has 6 heteroatoms. The third kappa shape index (κ3) is 4.24. The summed E-state index contributed by atoms with van der Waals surface area (Å²) in [5.74, 6) is -0.797. The smallest absolute Gasteiger partial charge is 0.321 e. The van der Waals surface area contributed by atoms with E-state index < -0.39 is 11.8 Å². The molecule has 6 nitrogen and oxygen atoms in total. The fourth-order valence-corrected chi connectivity index (χ4v) is 2.54. The van der Waals surface area contributed by atoms with Crippen molar-refractivity contribution in [1.82, 2.24) is 0 Å². The summed E-state index contributed by atoms with van der Waals surface area (Å²) < 4.78 is 5.09. The monoisotopic (exact) mass is 361 g/mol. The summed E-state index contributed by atoms with van der Waals surface area (Å²) in [5.41, 5.74) is 7.93. The van der Waals surface area contributed by atoms with Gasteiger partial charge in [-0.25, -0.2) is 0 Å². The number of hydrogen-bond acceptors (Lipinski definition) is 4. The molecule has 0 unspecified atom stereocenters. The van der Waals surface area contributed by atoms with Gasteiger partial charge in [0.25, 0.3) is 0 Å². The average molecular weight is 361 g/mol. The van der Waals surface area contributed by atoms with Crippen molar-refractivity contribution in [3.8, 4) is 5.75 Å². The number of benzene rings is 3.